The predicted molar refractivity (Wildman–Crippen MR) is 212 cm³/mol. The molecule has 3 aliphatic rings. The summed E-state index contributed by atoms with van der Waals surface area (Å²) in [5.41, 5.74) is 21.5. The summed E-state index contributed by atoms with van der Waals surface area (Å²) < 4.78 is 0. The van der Waals surface area contributed by atoms with E-state index in [2.05, 4.69) is 173 Å². The normalized spacial score (nSPS) is 15.1. The topological polar surface area (TPSA) is 0 Å². The molecule has 0 radical (unpaired) electrons. The molecule has 0 saturated carbocycles. The summed E-state index contributed by atoms with van der Waals surface area (Å²) in [6, 6.07) is 55.5. The van der Waals surface area contributed by atoms with E-state index in [0.717, 1.165) is 0 Å². The third-order valence-electron chi connectivity index (χ3n) is 12.4. The number of hydrogen-bond acceptors (Lipinski definition) is 0. The van der Waals surface area contributed by atoms with Crippen LogP contribution in [0.2, 0.25) is 0 Å². The molecule has 3 aliphatic carbocycles. The molecular weight excluding hydrogens is 601 g/mol. The summed E-state index contributed by atoms with van der Waals surface area (Å²) in [4.78, 5) is 0. The molecule has 236 valence electrons. The Balaban J connectivity index is 1.17. The van der Waals surface area contributed by atoms with Crippen LogP contribution < -0.4 is 0 Å². The zero-order valence-corrected chi connectivity index (χ0v) is 28.9. The summed E-state index contributed by atoms with van der Waals surface area (Å²) >= 11 is 0. The second-order valence-electron chi connectivity index (χ2n) is 15.7. The molecule has 50 heavy (non-hydrogen) atoms. The molecule has 0 unspecified atom stereocenters. The molecule has 0 saturated heterocycles. The third kappa shape index (κ3) is 3.51. The molecule has 0 bridgehead atoms. The number of rotatable bonds is 2. The summed E-state index contributed by atoms with van der Waals surface area (Å²) in [5, 5.41) is 5.30. The van der Waals surface area contributed by atoms with Gasteiger partial charge in [0.1, 0.15) is 0 Å². The van der Waals surface area contributed by atoms with E-state index in [1.54, 1.807) is 0 Å². The van der Waals surface area contributed by atoms with Gasteiger partial charge in [-0.05, 0) is 135 Å². The van der Waals surface area contributed by atoms with Crippen molar-refractivity contribution in [1.29, 1.82) is 0 Å². The monoisotopic (exact) mass is 636 g/mol. The second-order valence-corrected chi connectivity index (χ2v) is 15.7. The maximum absolute atomic E-state index is 2.50. The predicted octanol–water partition coefficient (Wildman–Crippen LogP) is 13.6. The van der Waals surface area contributed by atoms with Crippen LogP contribution in [0.5, 0.6) is 0 Å². The maximum atomic E-state index is 2.50. The summed E-state index contributed by atoms with van der Waals surface area (Å²) in [5.74, 6) is 0. The first-order valence-corrected chi connectivity index (χ1v) is 17.9. The van der Waals surface area contributed by atoms with Gasteiger partial charge in [0.15, 0.2) is 0 Å². The standard InChI is InChI=1S/C50H36/c1-49(2)44-17-7-5-13-34(44)36-21-19-30(25-46(36)49)32-23-24-33(31-20-22-37-35-14-6-8-18-45(35)50(3,4)47(37)26-31)41-28-43-39-16-10-12-29-11-9-15-38(48(29)39)42(43)27-40(32)41/h5-28H,1-4H3. The smallest absolute Gasteiger partial charge is 0.0159 e. The van der Waals surface area contributed by atoms with Crippen molar-refractivity contribution < 1.29 is 0 Å². The van der Waals surface area contributed by atoms with Gasteiger partial charge in [0.2, 0.25) is 0 Å². The first kappa shape index (κ1) is 28.2. The van der Waals surface area contributed by atoms with Crippen LogP contribution in [0.1, 0.15) is 49.9 Å². The van der Waals surface area contributed by atoms with Crippen molar-refractivity contribution in [3.8, 4) is 66.8 Å². The summed E-state index contributed by atoms with van der Waals surface area (Å²) in [7, 11) is 0. The van der Waals surface area contributed by atoms with E-state index in [0.29, 0.717) is 0 Å². The highest BCUT2D eigenvalue weighted by Gasteiger charge is 2.37. The van der Waals surface area contributed by atoms with Gasteiger partial charge in [-0.25, -0.2) is 0 Å². The minimum absolute atomic E-state index is 0.0506. The molecule has 11 rings (SSSR count). The van der Waals surface area contributed by atoms with Gasteiger partial charge in [-0.1, -0.05) is 149 Å². The van der Waals surface area contributed by atoms with Crippen LogP contribution in [0, 0.1) is 0 Å². The molecule has 8 aromatic rings. The molecule has 0 aliphatic heterocycles. The molecule has 0 nitrogen and oxygen atoms in total. The minimum atomic E-state index is -0.0506. The number of hydrogen-bond donors (Lipinski definition) is 0. The molecule has 0 atom stereocenters. The fraction of sp³-hybridized carbons (Fsp3) is 0.120. The van der Waals surface area contributed by atoms with Gasteiger partial charge in [-0.15, -0.1) is 0 Å². The van der Waals surface area contributed by atoms with Crippen LogP contribution >= 0.6 is 0 Å². The summed E-state index contributed by atoms with van der Waals surface area (Å²) in [6.45, 7) is 9.50. The molecule has 0 heterocycles. The molecule has 0 heteroatoms. The van der Waals surface area contributed by atoms with Crippen molar-refractivity contribution in [1.82, 2.24) is 0 Å². The van der Waals surface area contributed by atoms with Crippen LogP contribution in [0.15, 0.2) is 146 Å². The van der Waals surface area contributed by atoms with Crippen LogP contribution in [0.3, 0.4) is 0 Å². The molecular formula is C50H36. The molecule has 8 aromatic carbocycles. The molecule has 0 amide bonds. The van der Waals surface area contributed by atoms with Gasteiger partial charge in [-0.3, -0.25) is 0 Å². The van der Waals surface area contributed by atoms with Crippen LogP contribution in [0.25, 0.3) is 88.3 Å². The highest BCUT2D eigenvalue weighted by atomic mass is 14.4. The third-order valence-corrected chi connectivity index (χ3v) is 12.4. The minimum Gasteiger partial charge on any atom is -0.0619 e. The van der Waals surface area contributed by atoms with Crippen molar-refractivity contribution in [2.45, 2.75) is 38.5 Å². The van der Waals surface area contributed by atoms with Crippen LogP contribution in [-0.2, 0) is 10.8 Å². The van der Waals surface area contributed by atoms with Gasteiger partial charge >= 0.3 is 0 Å². The lowest BCUT2D eigenvalue weighted by Gasteiger charge is -2.23. The highest BCUT2D eigenvalue weighted by molar-refractivity contribution is 6.19. The lowest BCUT2D eigenvalue weighted by atomic mass is 9.80. The number of benzene rings is 8. The van der Waals surface area contributed by atoms with Gasteiger partial charge in [-0.2, -0.15) is 0 Å². The van der Waals surface area contributed by atoms with Gasteiger partial charge < -0.3 is 0 Å². The van der Waals surface area contributed by atoms with Crippen molar-refractivity contribution >= 4 is 21.5 Å². The number of fused-ring (bicyclic) bond motifs is 10. The molecule has 0 fully saturated rings. The Kier molecular flexibility index (Phi) is 5.34. The zero-order valence-electron chi connectivity index (χ0n) is 28.9. The lowest BCUT2D eigenvalue weighted by molar-refractivity contribution is 0.660. The quantitative estimate of drug-likeness (QED) is 0.177. The Morgan fingerprint density at radius 3 is 1.18 bits per heavy atom. The van der Waals surface area contributed by atoms with E-state index >= 15 is 0 Å². The SMILES string of the molecule is CC1(C)c2ccccc2-c2ccc(-c3ccc(-c4ccc5c(c4)C(C)(C)c4ccccc4-5)c4cc5c(cc34)-c3cccc4cccc-5c34)cc21. The molecule has 0 N–H and O–H groups in total. The van der Waals surface area contributed by atoms with Crippen molar-refractivity contribution in [3.63, 3.8) is 0 Å². The van der Waals surface area contributed by atoms with E-state index < -0.39 is 0 Å². The van der Waals surface area contributed by atoms with Gasteiger partial charge in [0.05, 0.1) is 0 Å². The van der Waals surface area contributed by atoms with Crippen molar-refractivity contribution in [2.24, 2.45) is 0 Å². The van der Waals surface area contributed by atoms with E-state index in [-0.39, 0.29) is 10.8 Å². The Morgan fingerprint density at radius 1 is 0.300 bits per heavy atom. The van der Waals surface area contributed by atoms with Gasteiger partial charge in [0.25, 0.3) is 0 Å². The average molecular weight is 637 g/mol. The Morgan fingerprint density at radius 2 is 0.700 bits per heavy atom. The molecule has 0 spiro atoms. The first-order chi connectivity index (χ1) is 24.3. The Hall–Kier alpha value is -5.72. The maximum Gasteiger partial charge on any atom is 0.0159 e. The van der Waals surface area contributed by atoms with Crippen LogP contribution in [-0.4, -0.2) is 0 Å². The second kappa shape index (κ2) is 9.49. The Bertz CT molecular complexity index is 2620. The fourth-order valence-corrected chi connectivity index (χ4v) is 9.87. The van der Waals surface area contributed by atoms with E-state index in [1.165, 1.54) is 111 Å². The lowest BCUT2D eigenvalue weighted by Crippen LogP contribution is -2.15. The van der Waals surface area contributed by atoms with E-state index in [1.807, 2.05) is 0 Å². The van der Waals surface area contributed by atoms with Crippen LogP contribution in [0.4, 0.5) is 0 Å². The van der Waals surface area contributed by atoms with E-state index in [9.17, 15) is 0 Å². The molecule has 0 aromatic heterocycles. The zero-order chi connectivity index (χ0) is 33.5. The van der Waals surface area contributed by atoms with E-state index in [4.69, 9.17) is 0 Å². The Labute approximate surface area is 293 Å². The van der Waals surface area contributed by atoms with Gasteiger partial charge in [0, 0.05) is 10.8 Å². The van der Waals surface area contributed by atoms with Crippen molar-refractivity contribution in [3.05, 3.63) is 168 Å². The first-order valence-electron chi connectivity index (χ1n) is 17.9. The fourth-order valence-electron chi connectivity index (χ4n) is 9.87. The summed E-state index contributed by atoms with van der Waals surface area (Å²) in [6.07, 6.45) is 0. The average Bonchev–Trinajstić information content (AvgIpc) is 3.68. The van der Waals surface area contributed by atoms with Crippen molar-refractivity contribution in [2.75, 3.05) is 0 Å². The highest BCUT2D eigenvalue weighted by Crippen LogP contribution is 2.54. The largest absolute Gasteiger partial charge is 0.0619 e.